The molecule has 8 nitrogen and oxygen atoms in total. The topological polar surface area (TPSA) is 93.0 Å². The number of nitrogens with one attached hydrogen (secondary N) is 1. The molecule has 1 aliphatic rings. The summed E-state index contributed by atoms with van der Waals surface area (Å²) in [5, 5.41) is 15.8. The third-order valence-electron chi connectivity index (χ3n) is 5.34. The van der Waals surface area contributed by atoms with Gasteiger partial charge in [0, 0.05) is 37.0 Å². The number of amides is 2. The van der Waals surface area contributed by atoms with Gasteiger partial charge in [0.15, 0.2) is 5.82 Å². The molecule has 0 fully saturated rings. The Labute approximate surface area is 196 Å². The number of fused-ring (bicyclic) bond motifs is 1. The van der Waals surface area contributed by atoms with E-state index < -0.39 is 5.82 Å². The smallest absolute Gasteiger partial charge is 0.273 e. The number of carbonyl (C=O) groups is 2. The average Bonchev–Trinajstić information content (AvgIpc) is 3.56. The Morgan fingerprint density at radius 1 is 1.09 bits per heavy atom. The van der Waals surface area contributed by atoms with Crippen molar-refractivity contribution in [1.82, 2.24) is 30.0 Å². The lowest BCUT2D eigenvalue weighted by atomic mass is 10.2. The second kappa shape index (κ2) is 9.20. The van der Waals surface area contributed by atoms with E-state index in [0.717, 1.165) is 15.7 Å². The first-order valence-electron chi connectivity index (χ1n) is 10.3. The molecule has 0 atom stereocenters. The van der Waals surface area contributed by atoms with E-state index in [1.165, 1.54) is 29.5 Å². The normalized spacial score (nSPS) is 13.4. The van der Waals surface area contributed by atoms with Crippen LogP contribution in [-0.4, -0.2) is 49.6 Å². The molecule has 0 aliphatic carbocycles. The van der Waals surface area contributed by atoms with Crippen molar-refractivity contribution in [1.29, 1.82) is 0 Å². The van der Waals surface area contributed by atoms with Gasteiger partial charge in [-0.25, -0.2) is 9.37 Å². The van der Waals surface area contributed by atoms with E-state index >= 15 is 0 Å². The molecule has 3 aromatic heterocycles. The molecular weight excluding hydrogens is 463 g/mol. The van der Waals surface area contributed by atoms with E-state index in [1.54, 1.807) is 27.7 Å². The first-order chi connectivity index (χ1) is 16.1. The summed E-state index contributed by atoms with van der Waals surface area (Å²) in [6.07, 6.45) is 0.554. The lowest BCUT2D eigenvalue weighted by Crippen LogP contribution is -2.34. The van der Waals surface area contributed by atoms with E-state index in [2.05, 4.69) is 20.5 Å². The van der Waals surface area contributed by atoms with Crippen LogP contribution in [0.4, 0.5) is 4.39 Å². The van der Waals surface area contributed by atoms with Crippen molar-refractivity contribution in [3.8, 4) is 9.88 Å². The van der Waals surface area contributed by atoms with Gasteiger partial charge in [0.05, 0.1) is 11.4 Å². The number of rotatable bonds is 5. The van der Waals surface area contributed by atoms with Crippen LogP contribution in [0.5, 0.6) is 0 Å². The van der Waals surface area contributed by atoms with Crippen LogP contribution in [-0.2, 0) is 19.5 Å². The molecule has 0 saturated carbocycles. The monoisotopic (exact) mass is 482 g/mol. The van der Waals surface area contributed by atoms with Crippen molar-refractivity contribution in [2.75, 3.05) is 13.1 Å². The Hall–Kier alpha value is -3.44. The summed E-state index contributed by atoms with van der Waals surface area (Å²) in [6.45, 7) is 1.67. The fraction of sp³-hybridized carbons (Fsp3) is 0.227. The number of hydrogen-bond donors (Lipinski definition) is 1. The molecule has 4 aromatic rings. The molecule has 0 saturated heterocycles. The van der Waals surface area contributed by atoms with Gasteiger partial charge in [-0.1, -0.05) is 12.1 Å². The highest BCUT2D eigenvalue weighted by Crippen LogP contribution is 2.28. The third kappa shape index (κ3) is 4.55. The number of carbonyl (C=O) groups excluding carboxylic acids is 2. The van der Waals surface area contributed by atoms with Crippen molar-refractivity contribution < 1.29 is 14.0 Å². The highest BCUT2D eigenvalue weighted by molar-refractivity contribution is 7.20. The van der Waals surface area contributed by atoms with Gasteiger partial charge in [0.2, 0.25) is 0 Å². The van der Waals surface area contributed by atoms with E-state index in [-0.39, 0.29) is 23.9 Å². The summed E-state index contributed by atoms with van der Waals surface area (Å²) in [5.74, 6) is 0.401. The second-order valence-corrected chi connectivity index (χ2v) is 9.24. The Balaban J connectivity index is 1.23. The minimum Gasteiger partial charge on any atom is -0.345 e. The van der Waals surface area contributed by atoms with Crippen LogP contribution >= 0.6 is 22.7 Å². The van der Waals surface area contributed by atoms with Crippen LogP contribution < -0.4 is 5.32 Å². The minimum absolute atomic E-state index is 0.103. The predicted molar refractivity (Wildman–Crippen MR) is 123 cm³/mol. The van der Waals surface area contributed by atoms with Crippen molar-refractivity contribution >= 4 is 34.5 Å². The van der Waals surface area contributed by atoms with Gasteiger partial charge in [0.1, 0.15) is 22.3 Å². The third-order valence-corrected chi connectivity index (χ3v) is 7.22. The molecule has 0 radical (unpaired) electrons. The zero-order valence-corrected chi connectivity index (χ0v) is 19.0. The Bertz CT molecular complexity index is 1300. The van der Waals surface area contributed by atoms with E-state index in [1.807, 2.05) is 22.1 Å². The second-order valence-electron chi connectivity index (χ2n) is 7.43. The maximum Gasteiger partial charge on any atom is 0.273 e. The molecule has 0 spiro atoms. The van der Waals surface area contributed by atoms with Gasteiger partial charge in [-0.2, -0.15) is 0 Å². The largest absolute Gasteiger partial charge is 0.345 e. The molecule has 11 heteroatoms. The Kier molecular flexibility index (Phi) is 5.97. The summed E-state index contributed by atoms with van der Waals surface area (Å²) in [5.41, 5.74) is 0.691. The van der Waals surface area contributed by atoms with Gasteiger partial charge in [0.25, 0.3) is 11.8 Å². The number of nitrogens with zero attached hydrogens (tertiary/aromatic N) is 5. The number of hydrogen-bond acceptors (Lipinski definition) is 7. The van der Waals surface area contributed by atoms with Gasteiger partial charge in [-0.3, -0.25) is 9.59 Å². The lowest BCUT2D eigenvalue weighted by Gasteiger charge is -2.18. The Morgan fingerprint density at radius 3 is 2.82 bits per heavy atom. The standard InChI is InChI=1S/C22H19FN6O2S2/c23-15-4-1-3-14(11-15)20(30)24-12-19-27-26-18-6-7-28(8-9-29(18)19)22(31)16-13-33-21(25-16)17-5-2-10-32-17/h1-5,10-11,13H,6-9,12H2,(H,24,30). The molecular formula is C22H19FN6O2S2. The lowest BCUT2D eigenvalue weighted by molar-refractivity contribution is 0.0753. The quantitative estimate of drug-likeness (QED) is 0.472. The maximum absolute atomic E-state index is 13.4. The number of benzene rings is 1. The molecule has 4 heterocycles. The SMILES string of the molecule is O=C(NCc1nnc2n1CCN(C(=O)c1csc(-c3cccs3)n1)CC2)c1cccc(F)c1. The molecule has 168 valence electrons. The van der Waals surface area contributed by atoms with E-state index in [0.29, 0.717) is 37.6 Å². The fourth-order valence-electron chi connectivity index (χ4n) is 3.66. The highest BCUT2D eigenvalue weighted by atomic mass is 32.1. The van der Waals surface area contributed by atoms with E-state index in [9.17, 15) is 14.0 Å². The van der Waals surface area contributed by atoms with Crippen LogP contribution in [0.2, 0.25) is 0 Å². The Morgan fingerprint density at radius 2 is 2.00 bits per heavy atom. The molecule has 0 bridgehead atoms. The number of thiophene rings is 1. The van der Waals surface area contributed by atoms with Crippen molar-refractivity contribution in [2.24, 2.45) is 0 Å². The summed E-state index contributed by atoms with van der Waals surface area (Å²) >= 11 is 3.06. The fourth-order valence-corrected chi connectivity index (χ4v) is 5.26. The van der Waals surface area contributed by atoms with E-state index in [4.69, 9.17) is 0 Å². The first-order valence-corrected chi connectivity index (χ1v) is 12.1. The predicted octanol–water partition coefficient (Wildman–Crippen LogP) is 3.23. The molecule has 1 aliphatic heterocycles. The van der Waals surface area contributed by atoms with Crippen LogP contribution in [0.15, 0.2) is 47.2 Å². The zero-order valence-electron chi connectivity index (χ0n) is 17.4. The molecule has 33 heavy (non-hydrogen) atoms. The van der Waals surface area contributed by atoms with Crippen LogP contribution in [0.3, 0.4) is 0 Å². The number of aromatic nitrogens is 4. The van der Waals surface area contributed by atoms with Gasteiger partial charge in [-0.05, 0) is 29.6 Å². The molecule has 5 rings (SSSR count). The van der Waals surface area contributed by atoms with Gasteiger partial charge in [-0.15, -0.1) is 32.9 Å². The highest BCUT2D eigenvalue weighted by Gasteiger charge is 2.24. The maximum atomic E-state index is 13.4. The van der Waals surface area contributed by atoms with Crippen LogP contribution in [0.1, 0.15) is 32.5 Å². The zero-order chi connectivity index (χ0) is 22.8. The van der Waals surface area contributed by atoms with Gasteiger partial charge < -0.3 is 14.8 Å². The van der Waals surface area contributed by atoms with Gasteiger partial charge >= 0.3 is 0 Å². The molecule has 0 unspecified atom stereocenters. The molecule has 1 N–H and O–H groups in total. The summed E-state index contributed by atoms with van der Waals surface area (Å²) in [6, 6.07) is 9.47. The summed E-state index contributed by atoms with van der Waals surface area (Å²) in [4.78, 5) is 32.7. The minimum atomic E-state index is -0.466. The van der Waals surface area contributed by atoms with Crippen molar-refractivity contribution in [3.63, 3.8) is 0 Å². The summed E-state index contributed by atoms with van der Waals surface area (Å²) in [7, 11) is 0. The molecule has 2 amide bonds. The molecule has 1 aromatic carbocycles. The number of thiazole rings is 1. The first kappa shape index (κ1) is 21.4. The number of halogens is 1. The summed E-state index contributed by atoms with van der Waals surface area (Å²) < 4.78 is 15.3. The van der Waals surface area contributed by atoms with Crippen molar-refractivity contribution in [3.05, 3.63) is 75.9 Å². The van der Waals surface area contributed by atoms with Crippen molar-refractivity contribution in [2.45, 2.75) is 19.5 Å². The van der Waals surface area contributed by atoms with Crippen LogP contribution in [0.25, 0.3) is 9.88 Å². The average molecular weight is 483 g/mol. The van der Waals surface area contributed by atoms with Crippen LogP contribution in [0, 0.1) is 5.82 Å².